The molecule has 12 heavy (non-hydrogen) atoms. The summed E-state index contributed by atoms with van der Waals surface area (Å²) in [7, 11) is 0. The monoisotopic (exact) mass is 168 g/mol. The van der Waals surface area contributed by atoms with Gasteiger partial charge in [-0.15, -0.1) is 0 Å². The zero-order valence-electron chi connectivity index (χ0n) is 7.19. The highest BCUT2D eigenvalue weighted by atomic mass is 16.3. The maximum atomic E-state index is 9.74. The van der Waals surface area contributed by atoms with E-state index >= 15 is 0 Å². The van der Waals surface area contributed by atoms with Crippen LogP contribution in [0.4, 0.5) is 0 Å². The van der Waals surface area contributed by atoms with E-state index in [0.29, 0.717) is 11.8 Å². The van der Waals surface area contributed by atoms with Crippen molar-refractivity contribution >= 4 is 0 Å². The number of fused-ring (bicyclic) bond motifs is 2. The second-order valence-electron chi connectivity index (χ2n) is 4.88. The molecule has 68 valence electrons. The van der Waals surface area contributed by atoms with Crippen LogP contribution in [0.3, 0.4) is 0 Å². The molecular formula is C10H16O2. The van der Waals surface area contributed by atoms with Gasteiger partial charge in [0, 0.05) is 0 Å². The van der Waals surface area contributed by atoms with Crippen molar-refractivity contribution in [3.63, 3.8) is 0 Å². The quantitative estimate of drug-likeness (QED) is 0.561. The average molecular weight is 168 g/mol. The minimum absolute atomic E-state index is 0.398. The second kappa shape index (κ2) is 2.24. The molecule has 5 saturated carbocycles. The van der Waals surface area contributed by atoms with Crippen LogP contribution >= 0.6 is 0 Å². The summed E-state index contributed by atoms with van der Waals surface area (Å²) < 4.78 is 0. The lowest BCUT2D eigenvalue weighted by Gasteiger charge is -2.57. The van der Waals surface area contributed by atoms with E-state index in [1.807, 2.05) is 0 Å². The molecule has 0 aromatic rings. The number of aliphatic hydroxyl groups excluding tert-OH is 2. The van der Waals surface area contributed by atoms with Crippen LogP contribution in [0.25, 0.3) is 0 Å². The van der Waals surface area contributed by atoms with Crippen molar-refractivity contribution in [2.45, 2.75) is 37.9 Å². The predicted octanol–water partition coefficient (Wildman–Crippen LogP) is 0.774. The molecule has 0 aliphatic heterocycles. The van der Waals surface area contributed by atoms with E-state index in [-0.39, 0.29) is 0 Å². The van der Waals surface area contributed by atoms with E-state index in [0.717, 1.165) is 11.8 Å². The summed E-state index contributed by atoms with van der Waals surface area (Å²) in [4.78, 5) is 0. The first kappa shape index (κ1) is 7.34. The number of aliphatic hydroxyl groups is 2. The number of rotatable bonds is 0. The molecule has 5 aliphatic rings. The zero-order chi connectivity index (χ0) is 8.29. The van der Waals surface area contributed by atoms with E-state index in [1.54, 1.807) is 0 Å². The van der Waals surface area contributed by atoms with Crippen LogP contribution in [-0.2, 0) is 0 Å². The normalized spacial score (nSPS) is 62.5. The van der Waals surface area contributed by atoms with Crippen LogP contribution in [0.15, 0.2) is 0 Å². The first-order chi connectivity index (χ1) is 5.77. The van der Waals surface area contributed by atoms with Crippen LogP contribution in [0, 0.1) is 23.7 Å². The molecule has 0 amide bonds. The standard InChI is InChI=1S/C10H16O2/c11-9-7-4-6-2-1-5(7)3-8(6)10(9)12/h5-12H,1-4H2/t5-,6-,7-,8-,9-,10+/m0/s1. The Morgan fingerprint density at radius 2 is 1.17 bits per heavy atom. The minimum atomic E-state index is -0.398. The van der Waals surface area contributed by atoms with Crippen LogP contribution in [0.2, 0.25) is 0 Å². The van der Waals surface area contributed by atoms with Gasteiger partial charge in [0.15, 0.2) is 0 Å². The number of hydrogen-bond acceptors (Lipinski definition) is 2. The summed E-state index contributed by atoms with van der Waals surface area (Å²) in [5.74, 6) is 2.34. The van der Waals surface area contributed by atoms with Crippen molar-refractivity contribution in [1.29, 1.82) is 0 Å². The lowest BCUT2D eigenvalue weighted by Crippen LogP contribution is -2.58. The largest absolute Gasteiger partial charge is 0.390 e. The molecule has 0 aromatic heterocycles. The fourth-order valence-corrected chi connectivity index (χ4v) is 3.87. The van der Waals surface area contributed by atoms with Crippen LogP contribution in [0.5, 0.6) is 0 Å². The smallest absolute Gasteiger partial charge is 0.0832 e. The Morgan fingerprint density at radius 1 is 0.750 bits per heavy atom. The highest BCUT2D eigenvalue weighted by Crippen LogP contribution is 2.55. The van der Waals surface area contributed by atoms with Crippen molar-refractivity contribution in [1.82, 2.24) is 0 Å². The predicted molar refractivity (Wildman–Crippen MR) is 44.4 cm³/mol. The van der Waals surface area contributed by atoms with Crippen LogP contribution < -0.4 is 0 Å². The second-order valence-corrected chi connectivity index (χ2v) is 4.88. The first-order valence-corrected chi connectivity index (χ1v) is 5.13. The Kier molecular flexibility index (Phi) is 1.37. The SMILES string of the molecule is O[C@@H]1[C@H](O)[C@H]2C[C@@H]3CC[C@H]2C[C@@H]31. The van der Waals surface area contributed by atoms with Gasteiger partial charge in [-0.2, -0.15) is 0 Å². The van der Waals surface area contributed by atoms with Crippen LogP contribution in [-0.4, -0.2) is 22.4 Å². The highest BCUT2D eigenvalue weighted by molar-refractivity contribution is 5.04. The zero-order valence-corrected chi connectivity index (χ0v) is 7.19. The van der Waals surface area contributed by atoms with E-state index in [1.165, 1.54) is 25.7 Å². The van der Waals surface area contributed by atoms with E-state index in [2.05, 4.69) is 0 Å². The van der Waals surface area contributed by atoms with E-state index in [9.17, 15) is 10.2 Å². The van der Waals surface area contributed by atoms with E-state index < -0.39 is 12.2 Å². The van der Waals surface area contributed by atoms with Gasteiger partial charge in [0.25, 0.3) is 0 Å². The van der Waals surface area contributed by atoms with Crippen molar-refractivity contribution in [3.8, 4) is 0 Å². The molecule has 0 aromatic carbocycles. The summed E-state index contributed by atoms with van der Waals surface area (Å²) >= 11 is 0. The third-order valence-corrected chi connectivity index (χ3v) is 4.50. The summed E-state index contributed by atoms with van der Waals surface area (Å²) in [6, 6.07) is 0. The van der Waals surface area contributed by atoms with Gasteiger partial charge in [0.2, 0.25) is 0 Å². The molecule has 0 heterocycles. The van der Waals surface area contributed by atoms with Gasteiger partial charge in [-0.3, -0.25) is 0 Å². The Hall–Kier alpha value is -0.0800. The summed E-state index contributed by atoms with van der Waals surface area (Å²) in [5.41, 5.74) is 0. The summed E-state index contributed by atoms with van der Waals surface area (Å²) in [6.07, 6.45) is 4.18. The molecular weight excluding hydrogens is 152 g/mol. The van der Waals surface area contributed by atoms with Crippen molar-refractivity contribution < 1.29 is 10.2 Å². The molecule has 5 fully saturated rings. The van der Waals surface area contributed by atoms with E-state index in [4.69, 9.17) is 0 Å². The Bertz CT molecular complexity index is 178. The topological polar surface area (TPSA) is 40.5 Å². The van der Waals surface area contributed by atoms with Crippen molar-refractivity contribution in [2.75, 3.05) is 0 Å². The van der Waals surface area contributed by atoms with Crippen molar-refractivity contribution in [2.24, 2.45) is 23.7 Å². The molecule has 2 nitrogen and oxygen atoms in total. The highest BCUT2D eigenvalue weighted by Gasteiger charge is 2.54. The maximum absolute atomic E-state index is 9.74. The molecule has 4 bridgehead atoms. The molecule has 2 heteroatoms. The van der Waals surface area contributed by atoms with Gasteiger partial charge in [0.05, 0.1) is 12.2 Å². The van der Waals surface area contributed by atoms with Gasteiger partial charge >= 0.3 is 0 Å². The molecule has 0 spiro atoms. The molecule has 0 unspecified atom stereocenters. The molecule has 5 aliphatic carbocycles. The lowest BCUT2D eigenvalue weighted by molar-refractivity contribution is -0.178. The fraction of sp³-hybridized carbons (Fsp3) is 1.00. The molecule has 0 radical (unpaired) electrons. The third-order valence-electron chi connectivity index (χ3n) is 4.50. The average Bonchev–Trinajstić information content (AvgIpc) is 2.14. The summed E-state index contributed by atoms with van der Waals surface area (Å²) in [5, 5.41) is 19.5. The Labute approximate surface area is 72.6 Å². The third kappa shape index (κ3) is 0.728. The lowest BCUT2D eigenvalue weighted by atomic mass is 9.51. The summed E-state index contributed by atoms with van der Waals surface area (Å²) in [6.45, 7) is 0. The Morgan fingerprint density at radius 3 is 1.50 bits per heavy atom. The number of hydrogen-bond donors (Lipinski definition) is 2. The van der Waals surface area contributed by atoms with Gasteiger partial charge in [-0.25, -0.2) is 0 Å². The first-order valence-electron chi connectivity index (χ1n) is 5.13. The van der Waals surface area contributed by atoms with Gasteiger partial charge in [0.1, 0.15) is 0 Å². The minimum Gasteiger partial charge on any atom is -0.390 e. The molecule has 6 atom stereocenters. The Balaban J connectivity index is 1.95. The maximum Gasteiger partial charge on any atom is 0.0832 e. The molecule has 0 saturated heterocycles. The molecule has 5 rings (SSSR count). The van der Waals surface area contributed by atoms with Gasteiger partial charge in [-0.1, -0.05) is 0 Å². The van der Waals surface area contributed by atoms with Gasteiger partial charge < -0.3 is 10.2 Å². The van der Waals surface area contributed by atoms with Crippen LogP contribution in [0.1, 0.15) is 25.7 Å². The van der Waals surface area contributed by atoms with Crippen molar-refractivity contribution in [3.05, 3.63) is 0 Å². The van der Waals surface area contributed by atoms with Gasteiger partial charge in [-0.05, 0) is 49.4 Å². The molecule has 2 N–H and O–H groups in total. The fourth-order valence-electron chi connectivity index (χ4n) is 3.87.